The summed E-state index contributed by atoms with van der Waals surface area (Å²) in [5, 5.41) is 10.3. The molecule has 1 N–H and O–H groups in total. The molecule has 3 rings (SSSR count). The predicted molar refractivity (Wildman–Crippen MR) is 70.1 cm³/mol. The van der Waals surface area contributed by atoms with Gasteiger partial charge in [0.15, 0.2) is 0 Å². The standard InChI is InChI=1S/C15H15NO2/c1-9-5-4-7-11-13(15(17)18)10-6-2-3-8-12(10)16-14(9)11/h4-5,7H,2-3,6,8H2,1H3,(H,17,18). The molecule has 0 aliphatic heterocycles. The van der Waals surface area contributed by atoms with Crippen molar-refractivity contribution < 1.29 is 9.90 Å². The van der Waals surface area contributed by atoms with E-state index in [1.165, 1.54) is 0 Å². The quantitative estimate of drug-likeness (QED) is 0.834. The van der Waals surface area contributed by atoms with Crippen LogP contribution in [0.4, 0.5) is 0 Å². The van der Waals surface area contributed by atoms with Crippen molar-refractivity contribution >= 4 is 16.9 Å². The van der Waals surface area contributed by atoms with Crippen LogP contribution in [0.2, 0.25) is 0 Å². The van der Waals surface area contributed by atoms with Crippen LogP contribution in [0.25, 0.3) is 10.9 Å². The molecular weight excluding hydrogens is 226 g/mol. The number of hydrogen-bond acceptors (Lipinski definition) is 2. The van der Waals surface area contributed by atoms with Crippen LogP contribution >= 0.6 is 0 Å². The van der Waals surface area contributed by atoms with Crippen LogP contribution in [0.3, 0.4) is 0 Å². The fourth-order valence-electron chi connectivity index (χ4n) is 2.83. The average molecular weight is 241 g/mol. The molecule has 1 aliphatic rings. The van der Waals surface area contributed by atoms with E-state index >= 15 is 0 Å². The minimum Gasteiger partial charge on any atom is -0.478 e. The normalized spacial score (nSPS) is 14.5. The molecule has 0 amide bonds. The molecule has 3 nitrogen and oxygen atoms in total. The highest BCUT2D eigenvalue weighted by molar-refractivity contribution is 6.04. The van der Waals surface area contributed by atoms with Gasteiger partial charge in [-0.2, -0.15) is 0 Å². The Morgan fingerprint density at radius 1 is 1.28 bits per heavy atom. The van der Waals surface area contributed by atoms with Gasteiger partial charge in [-0.1, -0.05) is 18.2 Å². The summed E-state index contributed by atoms with van der Waals surface area (Å²) in [6.45, 7) is 1.98. The number of carboxylic acids is 1. The summed E-state index contributed by atoms with van der Waals surface area (Å²) in [6, 6.07) is 5.75. The molecule has 1 aromatic carbocycles. The number of hydrogen-bond donors (Lipinski definition) is 1. The number of benzene rings is 1. The van der Waals surface area contributed by atoms with Gasteiger partial charge in [0, 0.05) is 11.1 Å². The molecule has 3 heteroatoms. The van der Waals surface area contributed by atoms with E-state index in [9.17, 15) is 9.90 Å². The van der Waals surface area contributed by atoms with Crippen molar-refractivity contribution in [2.75, 3.05) is 0 Å². The van der Waals surface area contributed by atoms with E-state index in [1.807, 2.05) is 25.1 Å². The first-order chi connectivity index (χ1) is 8.68. The Labute approximate surface area is 105 Å². The molecule has 18 heavy (non-hydrogen) atoms. The summed E-state index contributed by atoms with van der Waals surface area (Å²) in [5.74, 6) is -0.828. The highest BCUT2D eigenvalue weighted by atomic mass is 16.4. The van der Waals surface area contributed by atoms with Gasteiger partial charge in [0.2, 0.25) is 0 Å². The molecule has 0 spiro atoms. The van der Waals surface area contributed by atoms with E-state index in [1.54, 1.807) is 0 Å². The molecule has 2 aromatic rings. The Morgan fingerprint density at radius 2 is 2.06 bits per heavy atom. The number of aromatic nitrogens is 1. The monoisotopic (exact) mass is 241 g/mol. The number of carboxylic acid groups (broad SMARTS) is 1. The van der Waals surface area contributed by atoms with Crippen molar-refractivity contribution in [1.82, 2.24) is 4.98 Å². The molecular formula is C15H15NO2. The molecule has 0 atom stereocenters. The molecule has 0 fully saturated rings. The van der Waals surface area contributed by atoms with Gasteiger partial charge in [-0.25, -0.2) is 4.79 Å². The SMILES string of the molecule is Cc1cccc2c(C(=O)O)c3c(nc12)CCCC3. The van der Waals surface area contributed by atoms with Crippen molar-refractivity contribution in [3.8, 4) is 0 Å². The van der Waals surface area contributed by atoms with E-state index in [0.717, 1.165) is 53.4 Å². The number of nitrogens with zero attached hydrogens (tertiary/aromatic N) is 1. The Kier molecular flexibility index (Phi) is 2.54. The van der Waals surface area contributed by atoms with Gasteiger partial charge in [0.25, 0.3) is 0 Å². The molecule has 0 unspecified atom stereocenters. The third-order valence-electron chi connectivity index (χ3n) is 3.71. The van der Waals surface area contributed by atoms with Crippen molar-refractivity contribution in [3.05, 3.63) is 40.6 Å². The van der Waals surface area contributed by atoms with Crippen molar-refractivity contribution in [2.24, 2.45) is 0 Å². The fraction of sp³-hybridized carbons (Fsp3) is 0.333. The highest BCUT2D eigenvalue weighted by Gasteiger charge is 2.22. The van der Waals surface area contributed by atoms with Gasteiger partial charge in [0.05, 0.1) is 11.1 Å². The van der Waals surface area contributed by atoms with Crippen LogP contribution in [-0.2, 0) is 12.8 Å². The lowest BCUT2D eigenvalue weighted by atomic mass is 9.89. The zero-order valence-corrected chi connectivity index (χ0v) is 10.4. The third kappa shape index (κ3) is 1.58. The van der Waals surface area contributed by atoms with Crippen LogP contribution in [0.1, 0.15) is 40.0 Å². The van der Waals surface area contributed by atoms with Gasteiger partial charge in [-0.15, -0.1) is 0 Å². The first kappa shape index (κ1) is 11.2. The van der Waals surface area contributed by atoms with Crippen LogP contribution in [0.15, 0.2) is 18.2 Å². The van der Waals surface area contributed by atoms with E-state index in [2.05, 4.69) is 0 Å². The zero-order valence-electron chi connectivity index (χ0n) is 10.4. The molecule has 0 radical (unpaired) electrons. The molecule has 0 saturated carbocycles. The summed E-state index contributed by atoms with van der Waals surface area (Å²) in [7, 11) is 0. The van der Waals surface area contributed by atoms with Crippen molar-refractivity contribution in [1.29, 1.82) is 0 Å². The van der Waals surface area contributed by atoms with E-state index in [0.29, 0.717) is 5.56 Å². The predicted octanol–water partition coefficient (Wildman–Crippen LogP) is 3.12. The minimum absolute atomic E-state index is 0.471. The third-order valence-corrected chi connectivity index (χ3v) is 3.71. The Balaban J connectivity index is 2.44. The molecule has 0 saturated heterocycles. The van der Waals surface area contributed by atoms with Gasteiger partial charge in [-0.3, -0.25) is 4.98 Å². The summed E-state index contributed by atoms with van der Waals surface area (Å²) in [5.41, 5.74) is 4.30. The second-order valence-corrected chi connectivity index (χ2v) is 4.90. The second kappa shape index (κ2) is 4.09. The number of aromatic carboxylic acids is 1. The fourth-order valence-corrected chi connectivity index (χ4v) is 2.83. The van der Waals surface area contributed by atoms with Crippen molar-refractivity contribution in [3.63, 3.8) is 0 Å². The van der Waals surface area contributed by atoms with Crippen LogP contribution in [0.5, 0.6) is 0 Å². The number of fused-ring (bicyclic) bond motifs is 2. The molecule has 1 aliphatic carbocycles. The van der Waals surface area contributed by atoms with E-state index in [-0.39, 0.29) is 0 Å². The molecule has 92 valence electrons. The lowest BCUT2D eigenvalue weighted by molar-refractivity contribution is 0.0697. The van der Waals surface area contributed by atoms with Crippen LogP contribution in [-0.4, -0.2) is 16.1 Å². The summed E-state index contributed by atoms with van der Waals surface area (Å²) < 4.78 is 0. The summed E-state index contributed by atoms with van der Waals surface area (Å²) in [4.78, 5) is 16.3. The lowest BCUT2D eigenvalue weighted by Crippen LogP contribution is -2.13. The Bertz CT molecular complexity index is 646. The zero-order chi connectivity index (χ0) is 12.7. The number of para-hydroxylation sites is 1. The van der Waals surface area contributed by atoms with E-state index < -0.39 is 5.97 Å². The topological polar surface area (TPSA) is 50.2 Å². The number of aryl methyl sites for hydroxylation is 2. The van der Waals surface area contributed by atoms with Crippen molar-refractivity contribution in [2.45, 2.75) is 32.6 Å². The molecule has 1 aromatic heterocycles. The maximum atomic E-state index is 11.6. The molecule has 0 bridgehead atoms. The van der Waals surface area contributed by atoms with E-state index in [4.69, 9.17) is 4.98 Å². The summed E-state index contributed by atoms with van der Waals surface area (Å²) in [6.07, 6.45) is 3.91. The van der Waals surface area contributed by atoms with Gasteiger partial charge < -0.3 is 5.11 Å². The number of pyridine rings is 1. The van der Waals surface area contributed by atoms with Gasteiger partial charge in [0.1, 0.15) is 0 Å². The smallest absolute Gasteiger partial charge is 0.336 e. The minimum atomic E-state index is -0.828. The van der Waals surface area contributed by atoms with Gasteiger partial charge in [-0.05, 0) is 43.7 Å². The number of carbonyl (C=O) groups is 1. The van der Waals surface area contributed by atoms with Gasteiger partial charge >= 0.3 is 5.97 Å². The average Bonchev–Trinajstić information content (AvgIpc) is 2.36. The van der Waals surface area contributed by atoms with Crippen LogP contribution < -0.4 is 0 Å². The maximum absolute atomic E-state index is 11.6. The first-order valence-electron chi connectivity index (χ1n) is 6.33. The Hall–Kier alpha value is -1.90. The van der Waals surface area contributed by atoms with Crippen LogP contribution in [0, 0.1) is 6.92 Å². The Morgan fingerprint density at radius 3 is 2.83 bits per heavy atom. The lowest BCUT2D eigenvalue weighted by Gasteiger charge is -2.19. The highest BCUT2D eigenvalue weighted by Crippen LogP contribution is 2.30. The summed E-state index contributed by atoms with van der Waals surface area (Å²) >= 11 is 0. The number of rotatable bonds is 1. The molecule has 1 heterocycles. The largest absolute Gasteiger partial charge is 0.478 e. The second-order valence-electron chi connectivity index (χ2n) is 4.90. The maximum Gasteiger partial charge on any atom is 0.336 e. The first-order valence-corrected chi connectivity index (χ1v) is 6.33.